The number of amides is 1. The van der Waals surface area contributed by atoms with Crippen molar-refractivity contribution in [2.75, 3.05) is 5.32 Å². The van der Waals surface area contributed by atoms with Gasteiger partial charge in [0, 0.05) is 17.6 Å². The van der Waals surface area contributed by atoms with Crippen molar-refractivity contribution in [2.45, 2.75) is 25.7 Å². The maximum Gasteiger partial charge on any atom is 0.258 e. The number of pyridine rings is 1. The SMILES string of the molecule is O=C1Nc2cccnc2C1=Cc1cc2c([nH]1)CCCC2. The number of nitrogens with zero attached hydrogens (tertiary/aromatic N) is 1. The third kappa shape index (κ3) is 1.76. The predicted molar refractivity (Wildman–Crippen MR) is 78.2 cm³/mol. The minimum Gasteiger partial charge on any atom is -0.359 e. The van der Waals surface area contributed by atoms with Crippen LogP contribution in [0.1, 0.15) is 35.5 Å². The molecule has 2 aliphatic rings. The van der Waals surface area contributed by atoms with Gasteiger partial charge in [0.1, 0.15) is 0 Å². The van der Waals surface area contributed by atoms with E-state index in [2.05, 4.69) is 21.4 Å². The van der Waals surface area contributed by atoms with Crippen molar-refractivity contribution in [3.63, 3.8) is 0 Å². The van der Waals surface area contributed by atoms with Crippen LogP contribution < -0.4 is 5.32 Å². The third-order valence-electron chi connectivity index (χ3n) is 3.99. The van der Waals surface area contributed by atoms with Crippen molar-refractivity contribution in [1.29, 1.82) is 0 Å². The van der Waals surface area contributed by atoms with Gasteiger partial charge in [-0.05, 0) is 55.5 Å². The molecule has 4 nitrogen and oxygen atoms in total. The quantitative estimate of drug-likeness (QED) is 0.779. The molecule has 0 radical (unpaired) electrons. The number of hydrogen-bond donors (Lipinski definition) is 2. The van der Waals surface area contributed by atoms with Crippen LogP contribution in [0.15, 0.2) is 24.4 Å². The number of aromatic amines is 1. The molecule has 1 aliphatic heterocycles. The summed E-state index contributed by atoms with van der Waals surface area (Å²) in [5.41, 5.74) is 5.88. The molecule has 2 N–H and O–H groups in total. The first-order chi connectivity index (χ1) is 9.81. The lowest BCUT2D eigenvalue weighted by Gasteiger charge is -2.08. The molecule has 1 amide bonds. The fourth-order valence-corrected chi connectivity index (χ4v) is 3.01. The monoisotopic (exact) mass is 265 g/mol. The summed E-state index contributed by atoms with van der Waals surface area (Å²) >= 11 is 0. The van der Waals surface area contributed by atoms with Gasteiger partial charge in [-0.1, -0.05) is 0 Å². The zero-order chi connectivity index (χ0) is 13.5. The zero-order valence-electron chi connectivity index (χ0n) is 11.1. The number of anilines is 1. The molecular formula is C16H15N3O. The van der Waals surface area contributed by atoms with Gasteiger partial charge in [-0.25, -0.2) is 0 Å². The van der Waals surface area contributed by atoms with E-state index in [9.17, 15) is 4.79 Å². The minimum atomic E-state index is -0.0775. The van der Waals surface area contributed by atoms with Crippen LogP contribution in [0.25, 0.3) is 11.6 Å². The maximum absolute atomic E-state index is 12.0. The Morgan fingerprint density at radius 1 is 1.25 bits per heavy atom. The number of aryl methyl sites for hydroxylation is 2. The van der Waals surface area contributed by atoms with Crippen molar-refractivity contribution in [3.8, 4) is 0 Å². The summed E-state index contributed by atoms with van der Waals surface area (Å²) < 4.78 is 0. The van der Waals surface area contributed by atoms with Crippen LogP contribution in [0.3, 0.4) is 0 Å². The van der Waals surface area contributed by atoms with Crippen molar-refractivity contribution < 1.29 is 4.79 Å². The van der Waals surface area contributed by atoms with E-state index in [0.717, 1.165) is 29.9 Å². The van der Waals surface area contributed by atoms with Crippen LogP contribution >= 0.6 is 0 Å². The van der Waals surface area contributed by atoms with Crippen LogP contribution in [0, 0.1) is 0 Å². The van der Waals surface area contributed by atoms with Crippen molar-refractivity contribution in [3.05, 3.63) is 47.0 Å². The summed E-state index contributed by atoms with van der Waals surface area (Å²) in [6.07, 6.45) is 8.37. The highest BCUT2D eigenvalue weighted by Gasteiger charge is 2.25. The van der Waals surface area contributed by atoms with E-state index in [1.54, 1.807) is 6.20 Å². The van der Waals surface area contributed by atoms with Crippen molar-refractivity contribution >= 4 is 23.2 Å². The molecule has 0 atom stereocenters. The summed E-state index contributed by atoms with van der Waals surface area (Å²) in [6, 6.07) is 5.87. The standard InChI is InChI=1S/C16H15N3O/c20-16-12(15-14(19-16)6-3-7-17-15)9-11-8-10-4-1-2-5-13(10)18-11/h3,6-9,18H,1-2,4-5H2,(H,19,20). The van der Waals surface area contributed by atoms with Gasteiger partial charge in [0.2, 0.25) is 0 Å². The summed E-state index contributed by atoms with van der Waals surface area (Å²) in [7, 11) is 0. The summed E-state index contributed by atoms with van der Waals surface area (Å²) in [5.74, 6) is -0.0775. The number of carbonyl (C=O) groups excluding carboxylic acids is 1. The van der Waals surface area contributed by atoms with Crippen LogP contribution in [0.5, 0.6) is 0 Å². The van der Waals surface area contributed by atoms with Crippen molar-refractivity contribution in [1.82, 2.24) is 9.97 Å². The Hall–Kier alpha value is -2.36. The molecule has 0 fully saturated rings. The molecule has 0 saturated carbocycles. The Kier molecular flexibility index (Phi) is 2.49. The van der Waals surface area contributed by atoms with E-state index < -0.39 is 0 Å². The van der Waals surface area contributed by atoms with E-state index >= 15 is 0 Å². The first-order valence-corrected chi connectivity index (χ1v) is 7.00. The molecule has 2 aromatic heterocycles. The smallest absolute Gasteiger partial charge is 0.258 e. The van der Waals surface area contributed by atoms with Crippen LogP contribution in [0.4, 0.5) is 5.69 Å². The average Bonchev–Trinajstić information content (AvgIpc) is 3.00. The van der Waals surface area contributed by atoms with Crippen LogP contribution in [-0.2, 0) is 17.6 Å². The third-order valence-corrected chi connectivity index (χ3v) is 3.99. The number of fused-ring (bicyclic) bond motifs is 2. The predicted octanol–water partition coefficient (Wildman–Crippen LogP) is 2.78. The fourth-order valence-electron chi connectivity index (χ4n) is 3.01. The number of aromatic nitrogens is 2. The Balaban J connectivity index is 1.77. The topological polar surface area (TPSA) is 57.8 Å². The molecule has 1 aliphatic carbocycles. The van der Waals surface area contributed by atoms with Crippen LogP contribution in [-0.4, -0.2) is 15.9 Å². The maximum atomic E-state index is 12.0. The second-order valence-electron chi connectivity index (χ2n) is 5.35. The fraction of sp³-hybridized carbons (Fsp3) is 0.250. The van der Waals surface area contributed by atoms with Gasteiger partial charge >= 0.3 is 0 Å². The number of rotatable bonds is 1. The van der Waals surface area contributed by atoms with Gasteiger partial charge in [-0.15, -0.1) is 0 Å². The van der Waals surface area contributed by atoms with Gasteiger partial charge < -0.3 is 10.3 Å². The lowest BCUT2D eigenvalue weighted by atomic mass is 9.98. The van der Waals surface area contributed by atoms with Gasteiger partial charge in [-0.2, -0.15) is 0 Å². The lowest BCUT2D eigenvalue weighted by Crippen LogP contribution is -2.03. The second kappa shape index (κ2) is 4.34. The Morgan fingerprint density at radius 2 is 2.15 bits per heavy atom. The highest BCUT2D eigenvalue weighted by Crippen LogP contribution is 2.31. The largest absolute Gasteiger partial charge is 0.359 e. The second-order valence-corrected chi connectivity index (χ2v) is 5.35. The van der Waals surface area contributed by atoms with Gasteiger partial charge in [-0.3, -0.25) is 9.78 Å². The molecule has 0 aromatic carbocycles. The molecule has 0 saturated heterocycles. The van der Waals surface area contributed by atoms with E-state index in [1.807, 2.05) is 18.2 Å². The average molecular weight is 265 g/mol. The van der Waals surface area contributed by atoms with E-state index in [-0.39, 0.29) is 5.91 Å². The molecule has 0 bridgehead atoms. The molecule has 0 unspecified atom stereocenters. The van der Waals surface area contributed by atoms with E-state index in [0.29, 0.717) is 5.57 Å². The molecule has 4 rings (SSSR count). The first-order valence-electron chi connectivity index (χ1n) is 7.00. The van der Waals surface area contributed by atoms with Crippen molar-refractivity contribution in [2.24, 2.45) is 0 Å². The van der Waals surface area contributed by atoms with E-state index in [4.69, 9.17) is 0 Å². The number of H-pyrrole nitrogens is 1. The highest BCUT2D eigenvalue weighted by molar-refractivity contribution is 6.34. The van der Waals surface area contributed by atoms with Crippen LogP contribution in [0.2, 0.25) is 0 Å². The Bertz CT molecular complexity index is 704. The van der Waals surface area contributed by atoms with Gasteiger partial charge in [0.05, 0.1) is 17.0 Å². The summed E-state index contributed by atoms with van der Waals surface area (Å²) in [6.45, 7) is 0. The number of nitrogens with one attached hydrogen (secondary N) is 2. The number of carbonyl (C=O) groups is 1. The molecule has 0 spiro atoms. The molecule has 4 heteroatoms. The molecule has 3 heterocycles. The first kappa shape index (κ1) is 11.5. The van der Waals surface area contributed by atoms with E-state index in [1.165, 1.54) is 24.1 Å². The normalized spacial score (nSPS) is 18.8. The molecular weight excluding hydrogens is 250 g/mol. The molecule has 20 heavy (non-hydrogen) atoms. The Morgan fingerprint density at radius 3 is 3.05 bits per heavy atom. The summed E-state index contributed by atoms with van der Waals surface area (Å²) in [4.78, 5) is 19.8. The van der Waals surface area contributed by atoms with Gasteiger partial charge in [0.25, 0.3) is 5.91 Å². The van der Waals surface area contributed by atoms with Gasteiger partial charge in [0.15, 0.2) is 0 Å². The molecule has 100 valence electrons. The molecule has 2 aromatic rings. The highest BCUT2D eigenvalue weighted by atomic mass is 16.2. The zero-order valence-corrected chi connectivity index (χ0v) is 11.1. The lowest BCUT2D eigenvalue weighted by molar-refractivity contribution is -0.110. The summed E-state index contributed by atoms with van der Waals surface area (Å²) in [5, 5.41) is 2.85. The Labute approximate surface area is 116 Å². The minimum absolute atomic E-state index is 0.0775. The number of hydrogen-bond acceptors (Lipinski definition) is 2.